The van der Waals surface area contributed by atoms with Crippen molar-refractivity contribution in [3.8, 4) is 0 Å². The molecule has 2 rings (SSSR count). The van der Waals surface area contributed by atoms with Crippen LogP contribution >= 0.6 is 12.2 Å². The van der Waals surface area contributed by atoms with E-state index in [1.807, 2.05) is 0 Å². The van der Waals surface area contributed by atoms with Gasteiger partial charge in [-0.2, -0.15) is 0 Å². The second kappa shape index (κ2) is 6.65. The number of unbranched alkanes of at least 4 members (excludes halogenated alkanes) is 1. The monoisotopic (exact) mass is 292 g/mol. The van der Waals surface area contributed by atoms with Crippen LogP contribution in [0.4, 0.5) is 5.82 Å². The van der Waals surface area contributed by atoms with E-state index in [4.69, 9.17) is 23.7 Å². The molecule has 6 heteroatoms. The summed E-state index contributed by atoms with van der Waals surface area (Å²) in [4.78, 5) is 15.7. The Morgan fingerprint density at radius 2 is 2.15 bits per heavy atom. The summed E-state index contributed by atoms with van der Waals surface area (Å²) in [6.07, 6.45) is 5.26. The smallest absolute Gasteiger partial charge is 0.217 e. The number of nitrogens with one attached hydrogen (secondary N) is 1. The van der Waals surface area contributed by atoms with E-state index in [1.54, 1.807) is 0 Å². The second-order valence-electron chi connectivity index (χ2n) is 5.06. The zero-order valence-corrected chi connectivity index (χ0v) is 12.3. The number of hydrogen-bond donors (Lipinski definition) is 3. The number of amides is 1. The van der Waals surface area contributed by atoms with Gasteiger partial charge in [-0.3, -0.25) is 4.79 Å². The highest BCUT2D eigenvalue weighted by molar-refractivity contribution is 7.80. The first-order valence-electron chi connectivity index (χ1n) is 6.92. The summed E-state index contributed by atoms with van der Waals surface area (Å²) in [7, 11) is 0. The Kier molecular flexibility index (Phi) is 4.89. The van der Waals surface area contributed by atoms with Gasteiger partial charge in [0.1, 0.15) is 10.8 Å². The molecule has 0 aliphatic heterocycles. The molecular weight excluding hydrogens is 272 g/mol. The molecule has 1 aromatic rings. The number of thiocarbonyl (C=S) groups is 1. The molecule has 0 bridgehead atoms. The fraction of sp³-hybridized carbons (Fsp3) is 0.500. The Hall–Kier alpha value is -1.69. The van der Waals surface area contributed by atoms with Crippen LogP contribution in [0.3, 0.4) is 0 Å². The minimum atomic E-state index is -0.260. The normalized spacial score (nSPS) is 13.0. The SMILES string of the molecule is NC(=O)CCCCNc1nc2c(cc1C(N)=S)CCC2. The predicted molar refractivity (Wildman–Crippen MR) is 83.7 cm³/mol. The van der Waals surface area contributed by atoms with Crippen LogP contribution in [0.2, 0.25) is 0 Å². The molecule has 5 nitrogen and oxygen atoms in total. The molecule has 1 aliphatic carbocycles. The van der Waals surface area contributed by atoms with Crippen molar-refractivity contribution in [2.45, 2.75) is 38.5 Å². The topological polar surface area (TPSA) is 94.0 Å². The van der Waals surface area contributed by atoms with Crippen LogP contribution in [0.5, 0.6) is 0 Å². The van der Waals surface area contributed by atoms with E-state index in [1.165, 1.54) is 5.56 Å². The lowest BCUT2D eigenvalue weighted by molar-refractivity contribution is -0.118. The molecule has 0 fully saturated rings. The highest BCUT2D eigenvalue weighted by Crippen LogP contribution is 2.25. The van der Waals surface area contributed by atoms with E-state index >= 15 is 0 Å². The molecule has 5 N–H and O–H groups in total. The molecule has 108 valence electrons. The quantitative estimate of drug-likeness (QED) is 0.520. The zero-order chi connectivity index (χ0) is 14.5. The maximum absolute atomic E-state index is 10.7. The summed E-state index contributed by atoms with van der Waals surface area (Å²) in [5, 5.41) is 3.27. The summed E-state index contributed by atoms with van der Waals surface area (Å²) in [6.45, 7) is 0.731. The average Bonchev–Trinajstić information content (AvgIpc) is 2.83. The van der Waals surface area contributed by atoms with Gasteiger partial charge < -0.3 is 16.8 Å². The van der Waals surface area contributed by atoms with Crippen LogP contribution in [0.25, 0.3) is 0 Å². The third-order valence-corrected chi connectivity index (χ3v) is 3.68. The minimum Gasteiger partial charge on any atom is -0.389 e. The molecule has 0 aromatic carbocycles. The van der Waals surface area contributed by atoms with Crippen LogP contribution in [-0.2, 0) is 17.6 Å². The minimum absolute atomic E-state index is 0.260. The number of anilines is 1. The first-order chi connectivity index (χ1) is 9.58. The summed E-state index contributed by atoms with van der Waals surface area (Å²) >= 11 is 5.09. The highest BCUT2D eigenvalue weighted by Gasteiger charge is 2.17. The number of pyridine rings is 1. The molecule has 0 spiro atoms. The summed E-state index contributed by atoms with van der Waals surface area (Å²) in [5.74, 6) is 0.502. The third kappa shape index (κ3) is 3.66. The number of aryl methyl sites for hydroxylation is 2. The number of primary amides is 1. The van der Waals surface area contributed by atoms with E-state index in [9.17, 15) is 4.79 Å². The standard InChI is InChI=1S/C14H20N4OS/c15-12(19)6-1-2-7-17-14-10(13(16)20)8-9-4-3-5-11(9)18-14/h8H,1-7H2,(H2,15,19)(H2,16,20)(H,17,18). The zero-order valence-electron chi connectivity index (χ0n) is 11.4. The van der Waals surface area contributed by atoms with Crippen molar-refractivity contribution < 1.29 is 4.79 Å². The number of hydrogen-bond acceptors (Lipinski definition) is 4. The number of aromatic nitrogens is 1. The summed E-state index contributed by atoms with van der Waals surface area (Å²) in [6, 6.07) is 2.06. The predicted octanol–water partition coefficient (Wildman–Crippen LogP) is 1.27. The third-order valence-electron chi connectivity index (χ3n) is 3.46. The number of nitrogens with zero attached hydrogens (tertiary/aromatic N) is 1. The molecule has 1 aromatic heterocycles. The van der Waals surface area contributed by atoms with Gasteiger partial charge in [0.15, 0.2) is 0 Å². The van der Waals surface area contributed by atoms with Gasteiger partial charge in [0.05, 0.1) is 5.56 Å². The summed E-state index contributed by atoms with van der Waals surface area (Å²) < 4.78 is 0. The Morgan fingerprint density at radius 3 is 2.85 bits per heavy atom. The summed E-state index contributed by atoms with van der Waals surface area (Å²) in [5.41, 5.74) is 14.1. The van der Waals surface area contributed by atoms with Crippen LogP contribution in [-0.4, -0.2) is 22.4 Å². The van der Waals surface area contributed by atoms with E-state index < -0.39 is 0 Å². The van der Waals surface area contributed by atoms with Crippen molar-refractivity contribution in [2.24, 2.45) is 11.5 Å². The van der Waals surface area contributed by atoms with Crippen molar-refractivity contribution in [1.82, 2.24) is 4.98 Å². The van der Waals surface area contributed by atoms with Gasteiger partial charge >= 0.3 is 0 Å². The maximum Gasteiger partial charge on any atom is 0.217 e. The van der Waals surface area contributed by atoms with Gasteiger partial charge in [0, 0.05) is 18.7 Å². The van der Waals surface area contributed by atoms with E-state index in [0.717, 1.165) is 55.7 Å². The highest BCUT2D eigenvalue weighted by atomic mass is 32.1. The largest absolute Gasteiger partial charge is 0.389 e. The van der Waals surface area contributed by atoms with Gasteiger partial charge in [-0.15, -0.1) is 0 Å². The molecule has 0 radical (unpaired) electrons. The lowest BCUT2D eigenvalue weighted by Crippen LogP contribution is -2.16. The lowest BCUT2D eigenvalue weighted by atomic mass is 10.1. The molecule has 1 amide bonds. The van der Waals surface area contributed by atoms with Crippen LogP contribution in [0.1, 0.15) is 42.5 Å². The number of rotatable bonds is 7. The number of carbonyl (C=O) groups is 1. The van der Waals surface area contributed by atoms with E-state index in [0.29, 0.717) is 11.4 Å². The maximum atomic E-state index is 10.7. The lowest BCUT2D eigenvalue weighted by Gasteiger charge is -2.12. The van der Waals surface area contributed by atoms with Crippen molar-refractivity contribution in [3.05, 3.63) is 22.9 Å². The van der Waals surface area contributed by atoms with Gasteiger partial charge in [-0.25, -0.2) is 4.98 Å². The molecule has 20 heavy (non-hydrogen) atoms. The molecule has 0 saturated heterocycles. The molecular formula is C14H20N4OS. The first-order valence-corrected chi connectivity index (χ1v) is 7.33. The molecule has 0 unspecified atom stereocenters. The Morgan fingerprint density at radius 1 is 1.35 bits per heavy atom. The number of nitrogens with two attached hydrogens (primary N) is 2. The fourth-order valence-electron chi connectivity index (χ4n) is 2.43. The molecule has 1 aliphatic rings. The van der Waals surface area contributed by atoms with E-state index in [-0.39, 0.29) is 5.91 Å². The Bertz CT molecular complexity index is 530. The van der Waals surface area contributed by atoms with Gasteiger partial charge in [-0.1, -0.05) is 12.2 Å². The number of carbonyl (C=O) groups excluding carboxylic acids is 1. The molecule has 0 saturated carbocycles. The fourth-order valence-corrected chi connectivity index (χ4v) is 2.58. The van der Waals surface area contributed by atoms with Crippen LogP contribution in [0.15, 0.2) is 6.07 Å². The van der Waals surface area contributed by atoms with Gasteiger partial charge in [0.2, 0.25) is 5.91 Å². The van der Waals surface area contributed by atoms with Gasteiger partial charge in [0.25, 0.3) is 0 Å². The number of fused-ring (bicyclic) bond motifs is 1. The van der Waals surface area contributed by atoms with Crippen LogP contribution in [0, 0.1) is 0 Å². The van der Waals surface area contributed by atoms with Crippen molar-refractivity contribution >= 4 is 28.9 Å². The van der Waals surface area contributed by atoms with Crippen molar-refractivity contribution in [1.29, 1.82) is 0 Å². The molecule has 1 heterocycles. The van der Waals surface area contributed by atoms with Crippen molar-refractivity contribution in [2.75, 3.05) is 11.9 Å². The van der Waals surface area contributed by atoms with Crippen LogP contribution < -0.4 is 16.8 Å². The van der Waals surface area contributed by atoms with Crippen molar-refractivity contribution in [3.63, 3.8) is 0 Å². The van der Waals surface area contributed by atoms with Gasteiger partial charge in [-0.05, 0) is 43.7 Å². The Balaban J connectivity index is 1.99. The molecule has 0 atom stereocenters. The Labute approximate surface area is 124 Å². The van der Waals surface area contributed by atoms with E-state index in [2.05, 4.69) is 16.4 Å². The first kappa shape index (κ1) is 14.7. The second-order valence-corrected chi connectivity index (χ2v) is 5.50. The average molecular weight is 292 g/mol.